The van der Waals surface area contributed by atoms with Crippen molar-refractivity contribution in [3.05, 3.63) is 273 Å². The van der Waals surface area contributed by atoms with Crippen LogP contribution in [0.1, 0.15) is 0 Å². The minimum atomic E-state index is 1.09. The molecule has 0 amide bonds. The average molecular weight is 908 g/mol. The molecule has 0 aliphatic rings. The van der Waals surface area contributed by atoms with Gasteiger partial charge in [-0.3, -0.25) is 0 Å². The molecule has 13 rings (SSSR count). The van der Waals surface area contributed by atoms with Crippen LogP contribution in [0.5, 0.6) is 0 Å². The van der Waals surface area contributed by atoms with E-state index in [0.29, 0.717) is 0 Å². The van der Waals surface area contributed by atoms with E-state index in [-0.39, 0.29) is 0 Å². The fraction of sp³-hybridized carbons (Fsp3) is 0. The third-order valence-corrected chi connectivity index (χ3v) is 15.1. The van der Waals surface area contributed by atoms with Gasteiger partial charge in [-0.2, -0.15) is 0 Å². The van der Waals surface area contributed by atoms with Crippen LogP contribution in [-0.4, -0.2) is 0 Å². The van der Waals surface area contributed by atoms with E-state index in [2.05, 4.69) is 278 Å². The summed E-state index contributed by atoms with van der Waals surface area (Å²) in [6, 6.07) is 99.8. The van der Waals surface area contributed by atoms with Crippen LogP contribution in [0.3, 0.4) is 0 Å². The molecule has 328 valence electrons. The molecule has 0 aliphatic heterocycles. The maximum Gasteiger partial charge on any atom is 0.0462 e. The summed E-state index contributed by atoms with van der Waals surface area (Å²) in [5.41, 5.74) is 17.9. The van der Waals surface area contributed by atoms with E-state index in [0.717, 1.165) is 17.1 Å². The summed E-state index contributed by atoms with van der Waals surface area (Å²) in [7, 11) is 0. The molecule has 0 unspecified atom stereocenters. The quantitative estimate of drug-likeness (QED) is 0.130. The first kappa shape index (κ1) is 41.4. The summed E-state index contributed by atoms with van der Waals surface area (Å²) >= 11 is 1.88. The number of fused-ring (bicyclic) bond motifs is 6. The van der Waals surface area contributed by atoms with Crippen LogP contribution >= 0.6 is 11.3 Å². The minimum Gasteiger partial charge on any atom is -0.311 e. The molecule has 2 heteroatoms. The Kier molecular flexibility index (Phi) is 10.5. The van der Waals surface area contributed by atoms with E-state index < -0.39 is 0 Å². The van der Waals surface area contributed by atoms with Gasteiger partial charge in [0.15, 0.2) is 0 Å². The second-order valence-electron chi connectivity index (χ2n) is 18.0. The lowest BCUT2D eigenvalue weighted by Gasteiger charge is -2.26. The lowest BCUT2D eigenvalue weighted by molar-refractivity contribution is 1.28. The lowest BCUT2D eigenvalue weighted by Crippen LogP contribution is -2.09. The smallest absolute Gasteiger partial charge is 0.0462 e. The first-order chi connectivity index (χ1) is 34.7. The summed E-state index contributed by atoms with van der Waals surface area (Å²) in [5, 5.41) is 7.64. The summed E-state index contributed by atoms with van der Waals surface area (Å²) in [4.78, 5) is 2.38. The SMILES string of the molecule is c1ccc(-c2ccc(-c3ccc(N(c4ccc(-c5ccc6c(c5)c(-c5ccccc5)c(-c5ccccc5)c5ccccc56)cc4)c4ccc(-c5cccc6c5sc5ccccc56)cc4)cc3)cc2)cc1. The van der Waals surface area contributed by atoms with Gasteiger partial charge < -0.3 is 4.90 Å². The Hall–Kier alpha value is -8.82. The average Bonchev–Trinajstić information content (AvgIpc) is 3.83. The van der Waals surface area contributed by atoms with Gasteiger partial charge in [0.05, 0.1) is 0 Å². The summed E-state index contributed by atoms with van der Waals surface area (Å²) in [6.07, 6.45) is 0. The number of hydrogen-bond acceptors (Lipinski definition) is 2. The number of benzene rings is 12. The van der Waals surface area contributed by atoms with Gasteiger partial charge in [-0.15, -0.1) is 11.3 Å². The molecule has 1 aromatic heterocycles. The zero-order valence-corrected chi connectivity index (χ0v) is 39.2. The van der Waals surface area contributed by atoms with Gasteiger partial charge >= 0.3 is 0 Å². The van der Waals surface area contributed by atoms with Crippen molar-refractivity contribution in [3.63, 3.8) is 0 Å². The van der Waals surface area contributed by atoms with Gasteiger partial charge in [0.2, 0.25) is 0 Å². The molecule has 0 N–H and O–H groups in total. The van der Waals surface area contributed by atoms with Crippen LogP contribution in [0.25, 0.3) is 108 Å². The number of hydrogen-bond donors (Lipinski definition) is 0. The Labute approximate surface area is 412 Å². The van der Waals surface area contributed by atoms with Crippen molar-refractivity contribution in [1.82, 2.24) is 0 Å². The van der Waals surface area contributed by atoms with Crippen LogP contribution < -0.4 is 4.90 Å². The molecule has 13 aromatic rings. The molecular formula is C68H45NS. The van der Waals surface area contributed by atoms with Crippen LogP contribution in [0.4, 0.5) is 17.1 Å². The highest BCUT2D eigenvalue weighted by Gasteiger charge is 2.20. The third kappa shape index (κ3) is 7.43. The standard InChI is InChI=1S/C68H45NS/c1-4-15-46(16-5-1)47-27-29-48(30-28-47)49-31-38-55(39-32-49)69(57-42-35-51(36-43-57)58-24-14-25-63-61-22-12-13-26-65(61)70-68(58)63)56-40-33-50(34-41-56)54-37-44-60-59-21-10-11-23-62(59)66(52-17-6-2-7-18-52)67(64(60)45-54)53-19-8-3-9-20-53/h1-45H. The summed E-state index contributed by atoms with van der Waals surface area (Å²) < 4.78 is 2.64. The van der Waals surface area contributed by atoms with E-state index >= 15 is 0 Å². The zero-order chi connectivity index (χ0) is 46.4. The first-order valence-corrected chi connectivity index (χ1v) is 24.8. The van der Waals surface area contributed by atoms with Gasteiger partial charge in [0.25, 0.3) is 0 Å². The van der Waals surface area contributed by atoms with Crippen LogP contribution in [0.15, 0.2) is 273 Å². The molecule has 0 fully saturated rings. The number of anilines is 3. The van der Waals surface area contributed by atoms with Crippen molar-refractivity contribution in [3.8, 4) is 66.8 Å². The number of thiophene rings is 1. The fourth-order valence-corrected chi connectivity index (χ4v) is 11.7. The molecule has 0 saturated carbocycles. The molecule has 0 aliphatic carbocycles. The largest absolute Gasteiger partial charge is 0.311 e. The number of nitrogens with zero attached hydrogens (tertiary/aromatic N) is 1. The van der Waals surface area contributed by atoms with Gasteiger partial charge in [-0.1, -0.05) is 224 Å². The lowest BCUT2D eigenvalue weighted by atomic mass is 9.84. The van der Waals surface area contributed by atoms with Crippen molar-refractivity contribution in [2.45, 2.75) is 0 Å². The van der Waals surface area contributed by atoms with Crippen molar-refractivity contribution in [2.75, 3.05) is 4.90 Å². The Morgan fingerprint density at radius 2 is 0.614 bits per heavy atom. The highest BCUT2D eigenvalue weighted by atomic mass is 32.1. The van der Waals surface area contributed by atoms with Crippen LogP contribution in [0, 0.1) is 0 Å². The summed E-state index contributed by atoms with van der Waals surface area (Å²) in [5.74, 6) is 0. The minimum absolute atomic E-state index is 1.09. The van der Waals surface area contributed by atoms with Crippen molar-refractivity contribution in [1.29, 1.82) is 0 Å². The third-order valence-electron chi connectivity index (χ3n) is 13.9. The summed E-state index contributed by atoms with van der Waals surface area (Å²) in [6.45, 7) is 0. The van der Waals surface area contributed by atoms with E-state index in [1.807, 2.05) is 11.3 Å². The molecule has 0 saturated heterocycles. The Morgan fingerprint density at radius 1 is 0.229 bits per heavy atom. The molecule has 0 atom stereocenters. The number of rotatable bonds is 9. The molecule has 1 nitrogen and oxygen atoms in total. The van der Waals surface area contributed by atoms with Crippen molar-refractivity contribution >= 4 is 70.1 Å². The highest BCUT2D eigenvalue weighted by molar-refractivity contribution is 7.26. The molecule has 1 heterocycles. The van der Waals surface area contributed by atoms with Gasteiger partial charge in [0, 0.05) is 37.2 Å². The van der Waals surface area contributed by atoms with Crippen LogP contribution in [-0.2, 0) is 0 Å². The van der Waals surface area contributed by atoms with Crippen molar-refractivity contribution < 1.29 is 0 Å². The fourth-order valence-electron chi connectivity index (χ4n) is 10.5. The predicted molar refractivity (Wildman–Crippen MR) is 302 cm³/mol. The maximum absolute atomic E-state index is 2.41. The second-order valence-corrected chi connectivity index (χ2v) is 19.0. The van der Waals surface area contributed by atoms with E-state index in [1.54, 1.807) is 0 Å². The molecule has 12 aromatic carbocycles. The Bertz CT molecular complexity index is 3990. The monoisotopic (exact) mass is 907 g/mol. The Morgan fingerprint density at radius 3 is 1.19 bits per heavy atom. The molecule has 0 bridgehead atoms. The van der Waals surface area contributed by atoms with Crippen LogP contribution in [0.2, 0.25) is 0 Å². The molecule has 0 radical (unpaired) electrons. The second kappa shape index (κ2) is 17.7. The van der Waals surface area contributed by atoms with Gasteiger partial charge in [-0.05, 0) is 137 Å². The topological polar surface area (TPSA) is 3.24 Å². The zero-order valence-electron chi connectivity index (χ0n) is 38.3. The van der Waals surface area contributed by atoms with Crippen molar-refractivity contribution in [2.24, 2.45) is 0 Å². The highest BCUT2D eigenvalue weighted by Crippen LogP contribution is 2.47. The maximum atomic E-state index is 2.41. The van der Waals surface area contributed by atoms with E-state index in [9.17, 15) is 0 Å². The molecule has 70 heavy (non-hydrogen) atoms. The molecular weight excluding hydrogens is 863 g/mol. The van der Waals surface area contributed by atoms with E-state index in [4.69, 9.17) is 0 Å². The predicted octanol–water partition coefficient (Wildman–Crippen LogP) is 19.8. The first-order valence-electron chi connectivity index (χ1n) is 24.0. The Balaban J connectivity index is 0.904. The van der Waals surface area contributed by atoms with Gasteiger partial charge in [-0.25, -0.2) is 0 Å². The van der Waals surface area contributed by atoms with E-state index in [1.165, 1.54) is 108 Å². The molecule has 0 spiro atoms. The van der Waals surface area contributed by atoms with Gasteiger partial charge in [0.1, 0.15) is 0 Å². The normalized spacial score (nSPS) is 11.4.